The van der Waals surface area contributed by atoms with Gasteiger partial charge in [0.05, 0.1) is 0 Å². The Morgan fingerprint density at radius 3 is 2.81 bits per heavy atom. The Bertz CT molecular complexity index is 389. The van der Waals surface area contributed by atoms with Gasteiger partial charge in [0, 0.05) is 25.3 Å². The van der Waals surface area contributed by atoms with Crippen molar-refractivity contribution in [3.8, 4) is 0 Å². The van der Waals surface area contributed by atoms with Crippen LogP contribution in [-0.4, -0.2) is 24.1 Å². The number of pyridine rings is 1. The second kappa shape index (κ2) is 4.06. The number of aryl methyl sites for hydroxylation is 2. The van der Waals surface area contributed by atoms with Gasteiger partial charge in [0.2, 0.25) is 0 Å². The van der Waals surface area contributed by atoms with Crippen molar-refractivity contribution in [3.05, 3.63) is 23.4 Å². The first kappa shape index (κ1) is 10.1. The summed E-state index contributed by atoms with van der Waals surface area (Å²) in [5.74, 6) is 1.13. The summed E-state index contributed by atoms with van der Waals surface area (Å²) in [4.78, 5) is 6.90. The molecule has 0 saturated carbocycles. The first-order chi connectivity index (χ1) is 7.83. The number of fused-ring (bicyclic) bond motifs is 1. The highest BCUT2D eigenvalue weighted by Crippen LogP contribution is 2.25. The molecule has 1 fully saturated rings. The van der Waals surface area contributed by atoms with Gasteiger partial charge in [-0.1, -0.05) is 0 Å². The lowest BCUT2D eigenvalue weighted by atomic mass is 9.93. The van der Waals surface area contributed by atoms with E-state index < -0.39 is 0 Å². The summed E-state index contributed by atoms with van der Waals surface area (Å²) in [6.07, 6.45) is 8.26. The molecule has 0 amide bonds. The number of aromatic nitrogens is 1. The molecule has 16 heavy (non-hydrogen) atoms. The summed E-state index contributed by atoms with van der Waals surface area (Å²) in [5.41, 5.74) is 8.90. The van der Waals surface area contributed by atoms with Crippen LogP contribution in [0.2, 0.25) is 0 Å². The zero-order chi connectivity index (χ0) is 11.0. The summed E-state index contributed by atoms with van der Waals surface area (Å²) in [7, 11) is 0. The standard InChI is InChI=1S/C13H19N3/c14-12-5-6-16(9-12)13-7-10-3-1-2-4-11(10)8-15-13/h7-8,12H,1-6,9,14H2. The molecule has 1 saturated heterocycles. The fraction of sp³-hybridized carbons (Fsp3) is 0.615. The third-order valence-electron chi connectivity index (χ3n) is 3.76. The molecular weight excluding hydrogens is 198 g/mol. The monoisotopic (exact) mass is 217 g/mol. The number of hydrogen-bond donors (Lipinski definition) is 1. The number of anilines is 1. The normalized spacial score (nSPS) is 24.6. The van der Waals surface area contributed by atoms with Crippen LogP contribution in [0.3, 0.4) is 0 Å². The van der Waals surface area contributed by atoms with E-state index in [4.69, 9.17) is 5.73 Å². The molecule has 3 nitrogen and oxygen atoms in total. The van der Waals surface area contributed by atoms with E-state index in [1.165, 1.54) is 36.8 Å². The van der Waals surface area contributed by atoms with Gasteiger partial charge in [-0.25, -0.2) is 4.98 Å². The van der Waals surface area contributed by atoms with E-state index >= 15 is 0 Å². The summed E-state index contributed by atoms with van der Waals surface area (Å²) < 4.78 is 0. The second-order valence-corrected chi connectivity index (χ2v) is 5.01. The second-order valence-electron chi connectivity index (χ2n) is 5.01. The molecule has 1 aromatic rings. The fourth-order valence-electron chi connectivity index (χ4n) is 2.77. The Hall–Kier alpha value is -1.09. The van der Waals surface area contributed by atoms with Crippen LogP contribution in [0, 0.1) is 0 Å². The van der Waals surface area contributed by atoms with Crippen molar-refractivity contribution >= 4 is 5.82 Å². The molecule has 2 N–H and O–H groups in total. The largest absolute Gasteiger partial charge is 0.355 e. The van der Waals surface area contributed by atoms with Crippen molar-refractivity contribution in [2.24, 2.45) is 5.73 Å². The van der Waals surface area contributed by atoms with Gasteiger partial charge in [0.25, 0.3) is 0 Å². The van der Waals surface area contributed by atoms with Crippen molar-refractivity contribution in [3.63, 3.8) is 0 Å². The predicted molar refractivity (Wildman–Crippen MR) is 65.7 cm³/mol. The Morgan fingerprint density at radius 1 is 1.25 bits per heavy atom. The first-order valence-corrected chi connectivity index (χ1v) is 6.31. The Balaban J connectivity index is 1.85. The maximum atomic E-state index is 5.93. The molecule has 3 heteroatoms. The molecule has 2 aliphatic rings. The number of hydrogen-bond acceptors (Lipinski definition) is 3. The molecule has 0 radical (unpaired) electrons. The fourth-order valence-corrected chi connectivity index (χ4v) is 2.77. The zero-order valence-corrected chi connectivity index (χ0v) is 9.65. The van der Waals surface area contributed by atoms with E-state index in [1.54, 1.807) is 0 Å². The van der Waals surface area contributed by atoms with Crippen molar-refractivity contribution in [1.29, 1.82) is 0 Å². The highest BCUT2D eigenvalue weighted by Gasteiger charge is 2.21. The third-order valence-corrected chi connectivity index (χ3v) is 3.76. The molecule has 1 atom stereocenters. The van der Waals surface area contributed by atoms with Crippen molar-refractivity contribution in [2.75, 3.05) is 18.0 Å². The first-order valence-electron chi connectivity index (χ1n) is 6.31. The van der Waals surface area contributed by atoms with Crippen LogP contribution in [0.4, 0.5) is 5.82 Å². The van der Waals surface area contributed by atoms with Gasteiger partial charge in [-0.05, 0) is 49.3 Å². The number of rotatable bonds is 1. The lowest BCUT2D eigenvalue weighted by molar-refractivity contribution is 0.681. The Kier molecular flexibility index (Phi) is 2.56. The van der Waals surface area contributed by atoms with Crippen molar-refractivity contribution < 1.29 is 0 Å². The van der Waals surface area contributed by atoms with Gasteiger partial charge in [-0.2, -0.15) is 0 Å². The summed E-state index contributed by atoms with van der Waals surface area (Å²) in [6.45, 7) is 2.03. The molecule has 1 unspecified atom stereocenters. The van der Waals surface area contributed by atoms with Crippen LogP contribution in [-0.2, 0) is 12.8 Å². The van der Waals surface area contributed by atoms with Crippen LogP contribution >= 0.6 is 0 Å². The van der Waals surface area contributed by atoms with E-state index in [9.17, 15) is 0 Å². The quantitative estimate of drug-likeness (QED) is 0.775. The molecule has 0 aromatic carbocycles. The minimum atomic E-state index is 0.331. The molecule has 0 bridgehead atoms. The summed E-state index contributed by atoms with van der Waals surface area (Å²) >= 11 is 0. The molecule has 86 valence electrons. The highest BCUT2D eigenvalue weighted by molar-refractivity contribution is 5.45. The van der Waals surface area contributed by atoms with Gasteiger partial charge in [0.1, 0.15) is 5.82 Å². The van der Waals surface area contributed by atoms with Crippen molar-refractivity contribution in [2.45, 2.75) is 38.1 Å². The summed E-state index contributed by atoms with van der Waals surface area (Å²) in [5, 5.41) is 0. The highest BCUT2D eigenvalue weighted by atomic mass is 15.2. The average molecular weight is 217 g/mol. The molecule has 1 aliphatic carbocycles. The maximum Gasteiger partial charge on any atom is 0.128 e. The zero-order valence-electron chi connectivity index (χ0n) is 9.65. The number of nitrogens with two attached hydrogens (primary N) is 1. The third kappa shape index (κ3) is 1.80. The molecule has 3 rings (SSSR count). The van der Waals surface area contributed by atoms with E-state index in [2.05, 4.69) is 22.1 Å². The molecule has 2 heterocycles. The predicted octanol–water partition coefficient (Wildman–Crippen LogP) is 1.50. The molecule has 1 aliphatic heterocycles. The summed E-state index contributed by atoms with van der Waals surface area (Å²) in [6, 6.07) is 2.62. The maximum absolute atomic E-state index is 5.93. The van der Waals surface area contributed by atoms with Gasteiger partial charge < -0.3 is 10.6 Å². The topological polar surface area (TPSA) is 42.1 Å². The van der Waals surface area contributed by atoms with Crippen LogP contribution < -0.4 is 10.6 Å². The van der Waals surface area contributed by atoms with Crippen LogP contribution in [0.25, 0.3) is 0 Å². The minimum absolute atomic E-state index is 0.331. The average Bonchev–Trinajstić information content (AvgIpc) is 2.75. The van der Waals surface area contributed by atoms with E-state index in [-0.39, 0.29) is 0 Å². The van der Waals surface area contributed by atoms with Gasteiger partial charge in [0.15, 0.2) is 0 Å². The smallest absolute Gasteiger partial charge is 0.128 e. The van der Waals surface area contributed by atoms with E-state index in [0.717, 1.165) is 25.3 Å². The van der Waals surface area contributed by atoms with E-state index in [0.29, 0.717) is 6.04 Å². The Labute approximate surface area is 96.7 Å². The SMILES string of the molecule is NC1CCN(c2cc3c(cn2)CCCC3)C1. The van der Waals surface area contributed by atoms with Crippen molar-refractivity contribution in [1.82, 2.24) is 4.98 Å². The van der Waals surface area contributed by atoms with Crippen LogP contribution in [0.1, 0.15) is 30.4 Å². The van der Waals surface area contributed by atoms with Gasteiger partial charge in [-0.15, -0.1) is 0 Å². The van der Waals surface area contributed by atoms with E-state index in [1.807, 2.05) is 0 Å². The minimum Gasteiger partial charge on any atom is -0.355 e. The lowest BCUT2D eigenvalue weighted by Crippen LogP contribution is -2.27. The lowest BCUT2D eigenvalue weighted by Gasteiger charge is -2.21. The van der Waals surface area contributed by atoms with Gasteiger partial charge in [-0.3, -0.25) is 0 Å². The van der Waals surface area contributed by atoms with Gasteiger partial charge >= 0.3 is 0 Å². The number of nitrogens with zero attached hydrogens (tertiary/aromatic N) is 2. The van der Waals surface area contributed by atoms with Crippen LogP contribution in [0.15, 0.2) is 12.3 Å². The molecule has 1 aromatic heterocycles. The molecular formula is C13H19N3. The van der Waals surface area contributed by atoms with Crippen LogP contribution in [0.5, 0.6) is 0 Å². The molecule has 0 spiro atoms. The Morgan fingerprint density at radius 2 is 2.06 bits per heavy atom.